The predicted molar refractivity (Wildman–Crippen MR) is 94.5 cm³/mol. The van der Waals surface area contributed by atoms with Crippen LogP contribution in [0.5, 0.6) is 5.75 Å². The highest BCUT2D eigenvalue weighted by Crippen LogP contribution is 2.30. The molecule has 3 N–H and O–H groups in total. The second-order valence-electron chi connectivity index (χ2n) is 7.09. The van der Waals surface area contributed by atoms with Gasteiger partial charge < -0.3 is 25.6 Å². The Balaban J connectivity index is 1.96. The maximum Gasteiger partial charge on any atom is 0.319 e. The van der Waals surface area contributed by atoms with Crippen LogP contribution in [0.15, 0.2) is 18.2 Å². The van der Waals surface area contributed by atoms with Gasteiger partial charge in [-0.25, -0.2) is 4.79 Å². The Morgan fingerprint density at radius 1 is 1.42 bits per heavy atom. The third-order valence-corrected chi connectivity index (χ3v) is 4.12. The largest absolute Gasteiger partial charge is 0.482 e. The average Bonchev–Trinajstić information content (AvgIpc) is 2.46. The van der Waals surface area contributed by atoms with Crippen LogP contribution in [0.1, 0.15) is 20.8 Å². The van der Waals surface area contributed by atoms with Crippen molar-refractivity contribution in [3.8, 4) is 5.75 Å². The monoisotopic (exact) mass is 334 g/mol. The maximum absolute atomic E-state index is 12.2. The van der Waals surface area contributed by atoms with Crippen LogP contribution < -0.4 is 20.7 Å². The normalized spacial score (nSPS) is 15.2. The number of hydrogen-bond acceptors (Lipinski definition) is 4. The van der Waals surface area contributed by atoms with E-state index in [1.54, 1.807) is 18.2 Å². The van der Waals surface area contributed by atoms with Crippen molar-refractivity contribution in [3.05, 3.63) is 18.2 Å². The summed E-state index contributed by atoms with van der Waals surface area (Å²) in [5.41, 5.74) is 1.15. The molecule has 132 valence electrons. The lowest BCUT2D eigenvalue weighted by molar-refractivity contribution is -0.118. The summed E-state index contributed by atoms with van der Waals surface area (Å²) in [6, 6.07) is 4.86. The molecule has 1 unspecified atom stereocenters. The third-order valence-electron chi connectivity index (χ3n) is 4.12. The molecule has 7 heteroatoms. The first-order valence-electron chi connectivity index (χ1n) is 7.96. The number of rotatable bonds is 5. The minimum Gasteiger partial charge on any atom is -0.482 e. The van der Waals surface area contributed by atoms with E-state index in [-0.39, 0.29) is 30.0 Å². The Morgan fingerprint density at radius 2 is 2.12 bits per heavy atom. The number of amides is 3. The van der Waals surface area contributed by atoms with Crippen molar-refractivity contribution >= 4 is 23.3 Å². The summed E-state index contributed by atoms with van der Waals surface area (Å²) in [7, 11) is 4.03. The van der Waals surface area contributed by atoms with Gasteiger partial charge in [-0.3, -0.25) is 4.79 Å². The van der Waals surface area contributed by atoms with Gasteiger partial charge in [-0.1, -0.05) is 13.8 Å². The van der Waals surface area contributed by atoms with Crippen molar-refractivity contribution in [3.63, 3.8) is 0 Å². The Morgan fingerprint density at radius 3 is 2.79 bits per heavy atom. The zero-order chi connectivity index (χ0) is 17.9. The molecule has 1 heterocycles. The van der Waals surface area contributed by atoms with Crippen LogP contribution in [0.4, 0.5) is 16.2 Å². The Hall–Kier alpha value is -2.28. The molecule has 0 fully saturated rings. The fourth-order valence-corrected chi connectivity index (χ4v) is 2.66. The number of carbonyl (C=O) groups is 2. The Bertz CT molecular complexity index is 628. The maximum atomic E-state index is 12.2. The predicted octanol–water partition coefficient (Wildman–Crippen LogP) is 2.12. The van der Waals surface area contributed by atoms with Crippen molar-refractivity contribution in [1.82, 2.24) is 10.2 Å². The van der Waals surface area contributed by atoms with Gasteiger partial charge in [0.15, 0.2) is 6.61 Å². The average molecular weight is 334 g/mol. The van der Waals surface area contributed by atoms with E-state index in [0.29, 0.717) is 17.1 Å². The summed E-state index contributed by atoms with van der Waals surface area (Å²) in [6.07, 6.45) is 0. The lowest BCUT2D eigenvalue weighted by Gasteiger charge is -2.34. The van der Waals surface area contributed by atoms with Crippen LogP contribution >= 0.6 is 0 Å². The topological polar surface area (TPSA) is 82.7 Å². The number of nitrogens with zero attached hydrogens (tertiary/aromatic N) is 1. The lowest BCUT2D eigenvalue weighted by Crippen LogP contribution is -2.48. The molecule has 0 aromatic heterocycles. The van der Waals surface area contributed by atoms with Crippen molar-refractivity contribution < 1.29 is 14.3 Å². The van der Waals surface area contributed by atoms with Gasteiger partial charge in [0, 0.05) is 24.3 Å². The summed E-state index contributed by atoms with van der Waals surface area (Å²) >= 11 is 0. The highest BCUT2D eigenvalue weighted by molar-refractivity contribution is 5.96. The quantitative estimate of drug-likeness (QED) is 0.770. The van der Waals surface area contributed by atoms with E-state index < -0.39 is 0 Å². The number of hydrogen-bond donors (Lipinski definition) is 3. The summed E-state index contributed by atoms with van der Waals surface area (Å²) in [5.74, 6) is 0.367. The zero-order valence-electron chi connectivity index (χ0n) is 14.9. The van der Waals surface area contributed by atoms with Gasteiger partial charge in [0.1, 0.15) is 5.75 Å². The van der Waals surface area contributed by atoms with Crippen LogP contribution in [-0.4, -0.2) is 50.1 Å². The second kappa shape index (κ2) is 7.09. The van der Waals surface area contributed by atoms with Crippen molar-refractivity contribution in [1.29, 1.82) is 0 Å². The molecule has 1 aromatic rings. The van der Waals surface area contributed by atoms with Gasteiger partial charge in [-0.05, 0) is 38.6 Å². The van der Waals surface area contributed by atoms with Gasteiger partial charge in [-0.15, -0.1) is 0 Å². The molecule has 1 aliphatic rings. The Labute approximate surface area is 142 Å². The summed E-state index contributed by atoms with van der Waals surface area (Å²) in [6.45, 7) is 7.08. The molecule has 2 rings (SSSR count). The third kappa shape index (κ3) is 4.61. The first-order valence-corrected chi connectivity index (χ1v) is 7.96. The molecule has 0 saturated heterocycles. The highest BCUT2D eigenvalue weighted by atomic mass is 16.5. The number of carbonyl (C=O) groups excluding carboxylic acids is 2. The molecule has 7 nitrogen and oxygen atoms in total. The van der Waals surface area contributed by atoms with Crippen LogP contribution in [0.3, 0.4) is 0 Å². The number of urea groups is 1. The van der Waals surface area contributed by atoms with Crippen LogP contribution in [0, 0.1) is 5.41 Å². The molecule has 0 bridgehead atoms. The number of nitrogens with one attached hydrogen (secondary N) is 3. The van der Waals surface area contributed by atoms with E-state index >= 15 is 0 Å². The van der Waals surface area contributed by atoms with E-state index in [2.05, 4.69) is 34.7 Å². The van der Waals surface area contributed by atoms with Gasteiger partial charge in [0.2, 0.25) is 0 Å². The molecular formula is C17H26N4O3. The van der Waals surface area contributed by atoms with Crippen molar-refractivity contribution in [2.45, 2.75) is 26.8 Å². The molecule has 0 saturated carbocycles. The van der Waals surface area contributed by atoms with E-state index in [1.165, 1.54) is 0 Å². The molecule has 0 spiro atoms. The van der Waals surface area contributed by atoms with Gasteiger partial charge in [-0.2, -0.15) is 0 Å². The molecule has 1 aromatic carbocycles. The molecule has 1 atom stereocenters. The SMILES string of the molecule is CC(NC(=O)Nc1ccc2c(c1)OCC(=O)N2)C(C)(C)CN(C)C. The van der Waals surface area contributed by atoms with Gasteiger partial charge in [0.25, 0.3) is 5.91 Å². The molecule has 3 amide bonds. The highest BCUT2D eigenvalue weighted by Gasteiger charge is 2.28. The van der Waals surface area contributed by atoms with Crippen molar-refractivity contribution in [2.24, 2.45) is 5.41 Å². The zero-order valence-corrected chi connectivity index (χ0v) is 14.9. The smallest absolute Gasteiger partial charge is 0.319 e. The van der Waals surface area contributed by atoms with Gasteiger partial charge in [0.05, 0.1) is 5.69 Å². The summed E-state index contributed by atoms with van der Waals surface area (Å²) in [4.78, 5) is 25.6. The standard InChI is InChI=1S/C17H26N4O3/c1-11(17(2,3)10-21(4)5)18-16(23)19-12-6-7-13-14(8-12)24-9-15(22)20-13/h6-8,11H,9-10H2,1-5H3,(H,20,22)(H2,18,19,23). The number of benzene rings is 1. The van der Waals surface area contributed by atoms with Gasteiger partial charge >= 0.3 is 6.03 Å². The molecular weight excluding hydrogens is 308 g/mol. The minimum absolute atomic E-state index is 0.00642. The molecule has 0 aliphatic carbocycles. The Kier molecular flexibility index (Phi) is 5.33. The molecule has 24 heavy (non-hydrogen) atoms. The van der Waals surface area contributed by atoms with Crippen molar-refractivity contribution in [2.75, 3.05) is 37.9 Å². The van der Waals surface area contributed by atoms with E-state index in [0.717, 1.165) is 6.54 Å². The van der Waals surface area contributed by atoms with E-state index in [4.69, 9.17) is 4.74 Å². The van der Waals surface area contributed by atoms with Crippen LogP contribution in [0.25, 0.3) is 0 Å². The number of anilines is 2. The molecule has 1 aliphatic heterocycles. The number of ether oxygens (including phenoxy) is 1. The number of fused-ring (bicyclic) bond motifs is 1. The second-order valence-corrected chi connectivity index (χ2v) is 7.09. The fourth-order valence-electron chi connectivity index (χ4n) is 2.66. The summed E-state index contributed by atoms with van der Waals surface area (Å²) in [5, 5.41) is 8.49. The fraction of sp³-hybridized carbons (Fsp3) is 0.529. The van der Waals surface area contributed by atoms with Crippen LogP contribution in [-0.2, 0) is 4.79 Å². The summed E-state index contributed by atoms with van der Waals surface area (Å²) < 4.78 is 5.35. The minimum atomic E-state index is -0.269. The molecule has 0 radical (unpaired) electrons. The first kappa shape index (κ1) is 18.1. The van der Waals surface area contributed by atoms with E-state index in [9.17, 15) is 9.59 Å². The van der Waals surface area contributed by atoms with E-state index in [1.807, 2.05) is 21.0 Å². The first-order chi connectivity index (χ1) is 11.2. The lowest BCUT2D eigenvalue weighted by atomic mass is 9.85. The van der Waals surface area contributed by atoms with Crippen LogP contribution in [0.2, 0.25) is 0 Å².